The Morgan fingerprint density at radius 3 is 2.72 bits per heavy atom. The van der Waals surface area contributed by atoms with Crippen molar-refractivity contribution in [2.24, 2.45) is 0 Å². The van der Waals surface area contributed by atoms with Crippen LogP contribution in [0.5, 0.6) is 5.75 Å². The Hall–Kier alpha value is -2.74. The predicted molar refractivity (Wildman–Crippen MR) is 87.8 cm³/mol. The summed E-state index contributed by atoms with van der Waals surface area (Å²) >= 11 is 0. The zero-order chi connectivity index (χ0) is 17.6. The van der Waals surface area contributed by atoms with Gasteiger partial charge in [0.15, 0.2) is 18.2 Å². The molecule has 3 rings (SSSR count). The van der Waals surface area contributed by atoms with Gasteiger partial charge in [-0.15, -0.1) is 0 Å². The fourth-order valence-electron chi connectivity index (χ4n) is 2.37. The Kier molecular flexibility index (Phi) is 5.39. The van der Waals surface area contributed by atoms with Gasteiger partial charge in [0.05, 0.1) is 25.1 Å². The van der Waals surface area contributed by atoms with Crippen LogP contribution >= 0.6 is 0 Å². The number of amides is 1. The highest BCUT2D eigenvalue weighted by molar-refractivity contribution is 5.91. The molecule has 1 saturated heterocycles. The number of halogens is 2. The van der Waals surface area contributed by atoms with Crippen LogP contribution in [-0.2, 0) is 9.53 Å². The van der Waals surface area contributed by atoms with E-state index in [2.05, 4.69) is 15.2 Å². The minimum absolute atomic E-state index is 0.183. The number of carbonyl (C=O) groups is 1. The maximum Gasteiger partial charge on any atom is 0.262 e. The number of hydrogen-bond donors (Lipinski definition) is 1. The largest absolute Gasteiger partial charge is 0.481 e. The third-order valence-corrected chi connectivity index (χ3v) is 3.62. The topological polar surface area (TPSA) is 63.7 Å². The van der Waals surface area contributed by atoms with E-state index < -0.39 is 24.1 Å². The fraction of sp³-hybridized carbons (Fsp3) is 0.294. The number of nitrogens with one attached hydrogen (secondary N) is 1. The molecule has 1 aromatic heterocycles. The molecular weight excluding hydrogens is 332 g/mol. The molecule has 0 aliphatic carbocycles. The Morgan fingerprint density at radius 1 is 1.24 bits per heavy atom. The maximum atomic E-state index is 13.4. The number of morpholine rings is 1. The summed E-state index contributed by atoms with van der Waals surface area (Å²) < 4.78 is 36.6. The zero-order valence-electron chi connectivity index (χ0n) is 13.4. The monoisotopic (exact) mass is 349 g/mol. The molecule has 8 heteroatoms. The van der Waals surface area contributed by atoms with E-state index in [9.17, 15) is 13.6 Å². The average molecular weight is 349 g/mol. The lowest BCUT2D eigenvalue weighted by Crippen LogP contribution is -2.36. The van der Waals surface area contributed by atoms with Crippen molar-refractivity contribution in [3.05, 3.63) is 48.2 Å². The fourth-order valence-corrected chi connectivity index (χ4v) is 2.37. The molecule has 0 radical (unpaired) electrons. The van der Waals surface area contributed by atoms with E-state index in [4.69, 9.17) is 9.47 Å². The maximum absolute atomic E-state index is 13.4. The minimum Gasteiger partial charge on any atom is -0.481 e. The summed E-state index contributed by atoms with van der Waals surface area (Å²) in [6, 6.07) is 6.43. The molecule has 1 aromatic carbocycles. The number of pyridine rings is 1. The first-order valence-electron chi connectivity index (χ1n) is 7.78. The molecule has 1 fully saturated rings. The number of aromatic nitrogens is 1. The number of nitrogens with zero attached hydrogens (tertiary/aromatic N) is 2. The summed E-state index contributed by atoms with van der Waals surface area (Å²) in [5, 5.41) is 2.61. The second-order valence-corrected chi connectivity index (χ2v) is 5.42. The SMILES string of the molecule is O=C(COc1ccc(F)cc1F)Nc1ccc(N2CCOCC2)nc1. The van der Waals surface area contributed by atoms with Crippen LogP contribution in [0.4, 0.5) is 20.3 Å². The first-order chi connectivity index (χ1) is 12.1. The standard InChI is InChI=1S/C17H17F2N3O3/c18-12-1-3-15(14(19)9-12)25-11-17(23)21-13-2-4-16(20-10-13)22-5-7-24-8-6-22/h1-4,9-10H,5-8,11H2,(H,21,23). The van der Waals surface area contributed by atoms with Gasteiger partial charge in [0.25, 0.3) is 5.91 Å². The van der Waals surface area contributed by atoms with Gasteiger partial charge in [-0.25, -0.2) is 13.8 Å². The van der Waals surface area contributed by atoms with Crippen LogP contribution in [0.1, 0.15) is 0 Å². The van der Waals surface area contributed by atoms with Gasteiger partial charge in [-0.05, 0) is 24.3 Å². The van der Waals surface area contributed by atoms with Gasteiger partial charge < -0.3 is 19.7 Å². The van der Waals surface area contributed by atoms with Crippen LogP contribution in [0.25, 0.3) is 0 Å². The quantitative estimate of drug-likeness (QED) is 0.897. The van der Waals surface area contributed by atoms with Gasteiger partial charge >= 0.3 is 0 Å². The second kappa shape index (κ2) is 7.89. The van der Waals surface area contributed by atoms with Crippen LogP contribution in [0.3, 0.4) is 0 Å². The van der Waals surface area contributed by atoms with Crippen LogP contribution < -0.4 is 15.0 Å². The molecule has 6 nitrogen and oxygen atoms in total. The summed E-state index contributed by atoms with van der Waals surface area (Å²) in [5.41, 5.74) is 0.505. The van der Waals surface area contributed by atoms with E-state index in [1.165, 1.54) is 0 Å². The Labute approximate surface area is 143 Å². The van der Waals surface area contributed by atoms with Crippen LogP contribution in [0, 0.1) is 11.6 Å². The van der Waals surface area contributed by atoms with E-state index in [1.807, 2.05) is 0 Å². The van der Waals surface area contributed by atoms with Gasteiger partial charge in [0, 0.05) is 19.2 Å². The third-order valence-electron chi connectivity index (χ3n) is 3.62. The third kappa shape index (κ3) is 4.63. The number of benzene rings is 1. The molecule has 0 saturated carbocycles. The number of hydrogen-bond acceptors (Lipinski definition) is 5. The lowest BCUT2D eigenvalue weighted by Gasteiger charge is -2.27. The van der Waals surface area contributed by atoms with Gasteiger partial charge in [-0.3, -0.25) is 4.79 Å². The van der Waals surface area contributed by atoms with Crippen molar-refractivity contribution in [2.45, 2.75) is 0 Å². The predicted octanol–water partition coefficient (Wildman–Crippen LogP) is 2.21. The van der Waals surface area contributed by atoms with Crippen molar-refractivity contribution in [1.82, 2.24) is 4.98 Å². The molecule has 0 atom stereocenters. The normalized spacial score (nSPS) is 14.2. The highest BCUT2D eigenvalue weighted by Crippen LogP contribution is 2.18. The molecular formula is C17H17F2N3O3. The highest BCUT2D eigenvalue weighted by atomic mass is 19.1. The lowest BCUT2D eigenvalue weighted by atomic mass is 10.3. The Bertz CT molecular complexity index is 734. The van der Waals surface area contributed by atoms with Gasteiger partial charge in [0.1, 0.15) is 11.6 Å². The highest BCUT2D eigenvalue weighted by Gasteiger charge is 2.13. The summed E-state index contributed by atoms with van der Waals surface area (Å²) in [5.74, 6) is -1.40. The molecule has 1 amide bonds. The summed E-state index contributed by atoms with van der Waals surface area (Å²) in [6.45, 7) is 2.48. The zero-order valence-corrected chi connectivity index (χ0v) is 13.4. The molecule has 1 aliphatic rings. The van der Waals surface area contributed by atoms with E-state index in [0.717, 1.165) is 31.0 Å². The molecule has 2 heterocycles. The van der Waals surface area contributed by atoms with Crippen molar-refractivity contribution >= 4 is 17.4 Å². The molecule has 0 unspecified atom stereocenters. The van der Waals surface area contributed by atoms with E-state index >= 15 is 0 Å². The molecule has 1 N–H and O–H groups in total. The van der Waals surface area contributed by atoms with Crippen molar-refractivity contribution in [1.29, 1.82) is 0 Å². The smallest absolute Gasteiger partial charge is 0.262 e. The summed E-state index contributed by atoms with van der Waals surface area (Å²) in [6.07, 6.45) is 1.54. The summed E-state index contributed by atoms with van der Waals surface area (Å²) in [4.78, 5) is 18.3. The molecule has 132 valence electrons. The van der Waals surface area contributed by atoms with Gasteiger partial charge in [-0.1, -0.05) is 0 Å². The number of ether oxygens (including phenoxy) is 2. The number of anilines is 2. The van der Waals surface area contributed by atoms with E-state index in [0.29, 0.717) is 25.0 Å². The van der Waals surface area contributed by atoms with E-state index in [-0.39, 0.29) is 5.75 Å². The van der Waals surface area contributed by atoms with Crippen molar-refractivity contribution < 1.29 is 23.0 Å². The van der Waals surface area contributed by atoms with Crippen LogP contribution in [-0.4, -0.2) is 43.8 Å². The number of rotatable bonds is 5. The average Bonchev–Trinajstić information content (AvgIpc) is 2.62. The Balaban J connectivity index is 1.52. The first kappa shape index (κ1) is 17.1. The van der Waals surface area contributed by atoms with Crippen molar-refractivity contribution in [2.75, 3.05) is 43.1 Å². The molecule has 1 aliphatic heterocycles. The minimum atomic E-state index is -0.857. The Morgan fingerprint density at radius 2 is 2.04 bits per heavy atom. The second-order valence-electron chi connectivity index (χ2n) is 5.42. The van der Waals surface area contributed by atoms with Crippen LogP contribution in [0.15, 0.2) is 36.5 Å². The molecule has 0 bridgehead atoms. The summed E-state index contributed by atoms with van der Waals surface area (Å²) in [7, 11) is 0. The number of carbonyl (C=O) groups excluding carboxylic acids is 1. The first-order valence-corrected chi connectivity index (χ1v) is 7.78. The lowest BCUT2D eigenvalue weighted by molar-refractivity contribution is -0.118. The van der Waals surface area contributed by atoms with Crippen LogP contribution in [0.2, 0.25) is 0 Å². The van der Waals surface area contributed by atoms with Gasteiger partial charge in [-0.2, -0.15) is 0 Å². The van der Waals surface area contributed by atoms with Crippen molar-refractivity contribution in [3.63, 3.8) is 0 Å². The van der Waals surface area contributed by atoms with Gasteiger partial charge in [0.2, 0.25) is 0 Å². The molecule has 2 aromatic rings. The van der Waals surface area contributed by atoms with E-state index in [1.54, 1.807) is 18.3 Å². The van der Waals surface area contributed by atoms with Crippen molar-refractivity contribution in [3.8, 4) is 5.75 Å². The molecule has 0 spiro atoms. The molecule has 25 heavy (non-hydrogen) atoms.